The molecule has 0 radical (unpaired) electrons. The van der Waals surface area contributed by atoms with Gasteiger partial charge in [-0.15, -0.1) is 0 Å². The predicted molar refractivity (Wildman–Crippen MR) is 124 cm³/mol. The highest BCUT2D eigenvalue weighted by Crippen LogP contribution is 2.36. The summed E-state index contributed by atoms with van der Waals surface area (Å²) in [5, 5.41) is 2.75. The van der Waals surface area contributed by atoms with Crippen molar-refractivity contribution in [2.24, 2.45) is 0 Å². The van der Waals surface area contributed by atoms with E-state index in [1.54, 1.807) is 11.8 Å². The van der Waals surface area contributed by atoms with Crippen LogP contribution in [0.25, 0.3) is 5.69 Å². The molecule has 0 aliphatic carbocycles. The first-order valence-electron chi connectivity index (χ1n) is 11.0. The zero-order valence-corrected chi connectivity index (χ0v) is 18.7. The number of urea groups is 1. The Balaban J connectivity index is 1.76. The summed E-state index contributed by atoms with van der Waals surface area (Å²) in [5.74, 6) is -0.0208. The van der Waals surface area contributed by atoms with Gasteiger partial charge in [-0.2, -0.15) is 0 Å². The number of para-hydroxylation sites is 1. The molecule has 0 fully saturated rings. The summed E-state index contributed by atoms with van der Waals surface area (Å²) in [6.45, 7) is 6.61. The summed E-state index contributed by atoms with van der Waals surface area (Å²) in [4.78, 5) is 27.0. The van der Waals surface area contributed by atoms with Crippen molar-refractivity contribution >= 4 is 12.0 Å². The summed E-state index contributed by atoms with van der Waals surface area (Å²) < 4.78 is 7.12. The maximum absolute atomic E-state index is 13.4. The molecule has 0 unspecified atom stereocenters. The normalized spacial score (nSPS) is 15.0. The second-order valence-electron chi connectivity index (χ2n) is 8.25. The van der Waals surface area contributed by atoms with E-state index >= 15 is 0 Å². The van der Waals surface area contributed by atoms with Gasteiger partial charge in [-0.3, -0.25) is 4.79 Å². The zero-order chi connectivity index (χ0) is 22.7. The lowest BCUT2D eigenvalue weighted by Crippen LogP contribution is -2.44. The number of aromatic nitrogens is 1. The van der Waals surface area contributed by atoms with Crippen LogP contribution in [0.4, 0.5) is 4.79 Å². The van der Waals surface area contributed by atoms with Gasteiger partial charge in [0.25, 0.3) is 0 Å². The van der Waals surface area contributed by atoms with Gasteiger partial charge in [0.2, 0.25) is 0 Å². The van der Waals surface area contributed by atoms with Crippen LogP contribution in [0.1, 0.15) is 55.1 Å². The van der Waals surface area contributed by atoms with E-state index in [4.69, 9.17) is 4.74 Å². The van der Waals surface area contributed by atoms with Crippen molar-refractivity contribution in [1.82, 2.24) is 14.8 Å². The van der Waals surface area contributed by atoms with Gasteiger partial charge < -0.3 is 19.5 Å². The Morgan fingerprint density at radius 3 is 2.53 bits per heavy atom. The number of carbonyl (C=O) groups excluding carboxylic acids is 2. The van der Waals surface area contributed by atoms with E-state index in [1.807, 2.05) is 30.5 Å². The fraction of sp³-hybridized carbons (Fsp3) is 0.308. The molecule has 32 heavy (non-hydrogen) atoms. The molecule has 0 bridgehead atoms. The van der Waals surface area contributed by atoms with E-state index < -0.39 is 5.97 Å². The summed E-state index contributed by atoms with van der Waals surface area (Å²) >= 11 is 0. The molecule has 6 heteroatoms. The average molecular weight is 432 g/mol. The lowest BCUT2D eigenvalue weighted by atomic mass is 9.97. The van der Waals surface area contributed by atoms with E-state index in [9.17, 15) is 9.59 Å². The molecule has 166 valence electrons. The third kappa shape index (κ3) is 4.26. The molecular weight excluding hydrogens is 402 g/mol. The Kier molecular flexibility index (Phi) is 6.30. The first-order chi connectivity index (χ1) is 15.5. The fourth-order valence-electron chi connectivity index (χ4n) is 4.21. The van der Waals surface area contributed by atoms with Crippen molar-refractivity contribution in [3.05, 3.63) is 89.2 Å². The number of hydrogen-bond donors (Lipinski definition) is 1. The van der Waals surface area contributed by atoms with E-state index in [1.165, 1.54) is 5.56 Å². The number of benzene rings is 2. The van der Waals surface area contributed by atoms with Crippen molar-refractivity contribution in [2.75, 3.05) is 13.2 Å². The molecule has 2 heterocycles. The van der Waals surface area contributed by atoms with Crippen LogP contribution in [0, 0.1) is 0 Å². The largest absolute Gasteiger partial charge is 0.465 e. The van der Waals surface area contributed by atoms with Gasteiger partial charge in [0.05, 0.1) is 24.9 Å². The maximum atomic E-state index is 13.4. The summed E-state index contributed by atoms with van der Waals surface area (Å²) in [7, 11) is 0. The maximum Gasteiger partial charge on any atom is 0.325 e. The number of fused-ring (bicyclic) bond motifs is 3. The minimum Gasteiger partial charge on any atom is -0.465 e. The minimum atomic E-state index is -0.447. The standard InChI is InChI=1S/C26H29N3O3/c1-4-32-24(30)16-27-26(31)29-17-21-8-5-6-9-22(21)28-15-7-10-23(28)25(29)20-13-11-19(12-14-20)18(2)3/h5-15,18,25H,4,16-17H2,1-3H3,(H,27,31)/t25-/m0/s1. The zero-order valence-electron chi connectivity index (χ0n) is 18.7. The van der Waals surface area contributed by atoms with Crippen LogP contribution in [0.5, 0.6) is 0 Å². The molecule has 0 spiro atoms. The van der Waals surface area contributed by atoms with Crippen LogP contribution in [0.3, 0.4) is 0 Å². The highest BCUT2D eigenvalue weighted by molar-refractivity contribution is 5.81. The first-order valence-corrected chi connectivity index (χ1v) is 11.0. The van der Waals surface area contributed by atoms with Crippen molar-refractivity contribution in [1.29, 1.82) is 0 Å². The molecule has 1 atom stereocenters. The van der Waals surface area contributed by atoms with Crippen LogP contribution >= 0.6 is 0 Å². The number of hydrogen-bond acceptors (Lipinski definition) is 3. The van der Waals surface area contributed by atoms with E-state index in [0.717, 1.165) is 22.5 Å². The monoisotopic (exact) mass is 431 g/mol. The van der Waals surface area contributed by atoms with Crippen molar-refractivity contribution in [3.63, 3.8) is 0 Å². The Morgan fingerprint density at radius 1 is 1.06 bits per heavy atom. The topological polar surface area (TPSA) is 63.6 Å². The van der Waals surface area contributed by atoms with Crippen molar-refractivity contribution in [3.8, 4) is 5.69 Å². The first kappa shape index (κ1) is 21.7. The van der Waals surface area contributed by atoms with Crippen LogP contribution in [-0.2, 0) is 16.1 Å². The Labute approximate surface area is 188 Å². The smallest absolute Gasteiger partial charge is 0.325 e. The summed E-state index contributed by atoms with van der Waals surface area (Å²) in [5.41, 5.74) is 5.36. The molecule has 1 aliphatic rings. The third-order valence-electron chi connectivity index (χ3n) is 5.83. The van der Waals surface area contributed by atoms with Crippen LogP contribution in [0.15, 0.2) is 66.9 Å². The quantitative estimate of drug-likeness (QED) is 0.592. The van der Waals surface area contributed by atoms with Crippen molar-refractivity contribution in [2.45, 2.75) is 39.3 Å². The SMILES string of the molecule is CCOC(=O)CNC(=O)N1Cc2ccccc2-n2cccc2[C@@H]1c1ccc(C(C)C)cc1. The second-order valence-corrected chi connectivity index (χ2v) is 8.25. The molecule has 0 saturated carbocycles. The van der Waals surface area contributed by atoms with Gasteiger partial charge in [0.15, 0.2) is 0 Å². The third-order valence-corrected chi connectivity index (χ3v) is 5.83. The molecule has 3 aromatic rings. The van der Waals surface area contributed by atoms with E-state index in [0.29, 0.717) is 12.5 Å². The second kappa shape index (κ2) is 9.30. The summed E-state index contributed by atoms with van der Waals surface area (Å²) in [6.07, 6.45) is 2.03. The van der Waals surface area contributed by atoms with Gasteiger partial charge in [0, 0.05) is 11.9 Å². The molecule has 1 aromatic heterocycles. The Bertz CT molecular complexity index is 1100. The van der Waals surface area contributed by atoms with E-state index in [-0.39, 0.29) is 25.2 Å². The Hall–Kier alpha value is -3.54. The molecule has 1 N–H and O–H groups in total. The molecule has 1 aliphatic heterocycles. The lowest BCUT2D eigenvalue weighted by Gasteiger charge is -2.31. The molecule has 2 amide bonds. The van der Waals surface area contributed by atoms with Gasteiger partial charge in [-0.25, -0.2) is 4.79 Å². The number of amides is 2. The Morgan fingerprint density at radius 2 is 1.81 bits per heavy atom. The lowest BCUT2D eigenvalue weighted by molar-refractivity contribution is -0.141. The minimum absolute atomic E-state index is 0.162. The van der Waals surface area contributed by atoms with Gasteiger partial charge in [0.1, 0.15) is 6.54 Å². The number of rotatable bonds is 5. The number of ether oxygens (including phenoxy) is 1. The van der Waals surface area contributed by atoms with Gasteiger partial charge in [-0.1, -0.05) is 56.3 Å². The molecule has 4 rings (SSSR count). The van der Waals surface area contributed by atoms with Crippen LogP contribution < -0.4 is 5.32 Å². The van der Waals surface area contributed by atoms with Crippen LogP contribution in [-0.4, -0.2) is 34.6 Å². The number of nitrogens with zero attached hydrogens (tertiary/aromatic N) is 2. The molecule has 6 nitrogen and oxygen atoms in total. The predicted octanol–water partition coefficient (Wildman–Crippen LogP) is 4.78. The van der Waals surface area contributed by atoms with Gasteiger partial charge in [-0.05, 0) is 47.7 Å². The average Bonchev–Trinajstić information content (AvgIpc) is 3.22. The van der Waals surface area contributed by atoms with Crippen molar-refractivity contribution < 1.29 is 14.3 Å². The molecule has 0 saturated heterocycles. The fourth-order valence-corrected chi connectivity index (χ4v) is 4.21. The molecular formula is C26H29N3O3. The summed E-state index contributed by atoms with van der Waals surface area (Å²) in [6, 6.07) is 20.0. The number of nitrogens with one attached hydrogen (secondary N) is 1. The number of esters is 1. The van der Waals surface area contributed by atoms with E-state index in [2.05, 4.69) is 60.1 Å². The highest BCUT2D eigenvalue weighted by Gasteiger charge is 2.33. The highest BCUT2D eigenvalue weighted by atomic mass is 16.5. The number of carbonyl (C=O) groups is 2. The molecule has 2 aromatic carbocycles. The van der Waals surface area contributed by atoms with Crippen LogP contribution in [0.2, 0.25) is 0 Å². The van der Waals surface area contributed by atoms with Gasteiger partial charge >= 0.3 is 12.0 Å².